The maximum absolute atomic E-state index is 12.3. The predicted octanol–water partition coefficient (Wildman–Crippen LogP) is 1.34. The molecule has 0 aliphatic heterocycles. The third-order valence-corrected chi connectivity index (χ3v) is 9.77. The Kier molecular flexibility index (Phi) is 9.51. The molecule has 0 fully saturated rings. The summed E-state index contributed by atoms with van der Waals surface area (Å²) in [6.45, 7) is 9.39. The summed E-state index contributed by atoms with van der Waals surface area (Å²) in [7, 11) is -18.2. The van der Waals surface area contributed by atoms with Gasteiger partial charge in [-0.3, -0.25) is 11.9 Å². The lowest BCUT2D eigenvalue weighted by molar-refractivity contribution is -0.0217. The second kappa shape index (κ2) is 9.48. The average molecular weight is 503 g/mol. The molecule has 0 rings (SSSR count). The van der Waals surface area contributed by atoms with Gasteiger partial charge in [0.15, 0.2) is 0 Å². The van der Waals surface area contributed by atoms with Crippen LogP contribution in [0.4, 0.5) is 0 Å². The lowest BCUT2D eigenvalue weighted by atomic mass is 10.0. The zero-order chi connectivity index (χ0) is 22.7. The zero-order valence-corrected chi connectivity index (χ0v) is 21.8. The van der Waals surface area contributed by atoms with Crippen molar-refractivity contribution in [1.29, 1.82) is 0 Å². The molecule has 0 aromatic heterocycles. The summed E-state index contributed by atoms with van der Waals surface area (Å²) >= 11 is 0. The molecule has 0 spiro atoms. The lowest BCUT2D eigenvalue weighted by Gasteiger charge is -2.31. The molecule has 16 heteroatoms. The van der Waals surface area contributed by atoms with Crippen LogP contribution in [0.15, 0.2) is 0 Å². The molecule has 28 heavy (non-hydrogen) atoms. The highest BCUT2D eigenvalue weighted by atomic mass is 32.3. The van der Waals surface area contributed by atoms with Crippen LogP contribution >= 0.6 is 0 Å². The molecule has 170 valence electrons. The summed E-state index contributed by atoms with van der Waals surface area (Å²) in [5, 5.41) is 0. The molecule has 0 aromatic rings. The SMILES string of the molecule is CCC(COS(C)(=O)=O)(COS(=O)(=O)O[Si](C)(C)C)OS(=O)(=O)O[Si](C)(C)C. The Bertz CT molecular complexity index is 823. The Labute approximate surface area is 170 Å². The maximum Gasteiger partial charge on any atom is 0.390 e. The second-order valence-electron chi connectivity index (χ2n) is 8.06. The van der Waals surface area contributed by atoms with Gasteiger partial charge in [0.25, 0.3) is 10.1 Å². The summed E-state index contributed by atoms with van der Waals surface area (Å²) in [6, 6.07) is 0. The van der Waals surface area contributed by atoms with Gasteiger partial charge in [-0.1, -0.05) is 6.92 Å². The van der Waals surface area contributed by atoms with E-state index in [2.05, 4.69) is 4.18 Å². The predicted molar refractivity (Wildman–Crippen MR) is 108 cm³/mol. The fourth-order valence-corrected chi connectivity index (χ4v) is 8.28. The molecule has 0 aliphatic rings. The second-order valence-corrected chi connectivity index (χ2v) is 21.5. The van der Waals surface area contributed by atoms with Crippen LogP contribution in [0, 0.1) is 0 Å². The van der Waals surface area contributed by atoms with E-state index in [-0.39, 0.29) is 6.42 Å². The Morgan fingerprint density at radius 3 is 1.46 bits per heavy atom. The van der Waals surface area contributed by atoms with Gasteiger partial charge < -0.3 is 0 Å². The van der Waals surface area contributed by atoms with Gasteiger partial charge in [0.1, 0.15) is 12.2 Å². The van der Waals surface area contributed by atoms with Crippen LogP contribution in [-0.2, 0) is 51.2 Å². The molecule has 0 bridgehead atoms. The largest absolute Gasteiger partial charge is 0.390 e. The fourth-order valence-electron chi connectivity index (χ4n) is 1.62. The van der Waals surface area contributed by atoms with Crippen LogP contribution in [0.3, 0.4) is 0 Å². The van der Waals surface area contributed by atoms with Crippen molar-refractivity contribution in [3.05, 3.63) is 0 Å². The summed E-state index contributed by atoms with van der Waals surface area (Å²) in [6.07, 6.45) is 0.589. The molecule has 0 heterocycles. The van der Waals surface area contributed by atoms with Crippen molar-refractivity contribution in [2.75, 3.05) is 19.5 Å². The standard InChI is InChI=1S/C12H30O11S3Si2/c1-9-12(10-19-24(2,13)14,21-26(17,18)23-28(6,7)8)11-20-25(15,16)22-27(3,4)5/h9-11H2,1-8H3. The minimum atomic E-state index is -4.60. The van der Waals surface area contributed by atoms with E-state index in [0.717, 1.165) is 6.26 Å². The first-order chi connectivity index (χ1) is 12.1. The summed E-state index contributed by atoms with van der Waals surface area (Å²) in [4.78, 5) is 0. The molecule has 0 radical (unpaired) electrons. The zero-order valence-electron chi connectivity index (χ0n) is 17.3. The van der Waals surface area contributed by atoms with Crippen molar-refractivity contribution in [3.63, 3.8) is 0 Å². The van der Waals surface area contributed by atoms with Gasteiger partial charge in [0.2, 0.25) is 16.6 Å². The van der Waals surface area contributed by atoms with E-state index >= 15 is 0 Å². The van der Waals surface area contributed by atoms with Crippen LogP contribution < -0.4 is 0 Å². The van der Waals surface area contributed by atoms with Crippen LogP contribution in [0.25, 0.3) is 0 Å². The Balaban J connectivity index is 5.72. The van der Waals surface area contributed by atoms with Gasteiger partial charge in [-0.2, -0.15) is 25.3 Å². The minimum Gasteiger partial charge on any atom is -0.294 e. The van der Waals surface area contributed by atoms with Crippen molar-refractivity contribution in [1.82, 2.24) is 0 Å². The van der Waals surface area contributed by atoms with Crippen molar-refractivity contribution in [2.45, 2.75) is 58.2 Å². The number of rotatable bonds is 13. The van der Waals surface area contributed by atoms with E-state index in [0.29, 0.717) is 0 Å². The van der Waals surface area contributed by atoms with Crippen LogP contribution in [-0.4, -0.2) is 67.0 Å². The number of hydrogen-bond donors (Lipinski definition) is 0. The third kappa shape index (κ3) is 13.3. The van der Waals surface area contributed by atoms with Gasteiger partial charge >= 0.3 is 20.8 Å². The molecule has 1 unspecified atom stereocenters. The molecule has 0 amide bonds. The highest BCUT2D eigenvalue weighted by Gasteiger charge is 2.41. The highest BCUT2D eigenvalue weighted by Crippen LogP contribution is 2.25. The average Bonchev–Trinajstić information content (AvgIpc) is 2.35. The molecular formula is C12H30O11S3Si2. The molecule has 0 saturated carbocycles. The van der Waals surface area contributed by atoms with E-state index in [9.17, 15) is 25.3 Å². The Morgan fingerprint density at radius 1 is 0.714 bits per heavy atom. The normalized spacial score (nSPS) is 16.7. The molecule has 1 atom stereocenters. The van der Waals surface area contributed by atoms with Crippen LogP contribution in [0.5, 0.6) is 0 Å². The van der Waals surface area contributed by atoms with E-state index in [1.165, 1.54) is 6.92 Å². The minimum absolute atomic E-state index is 0.167. The molecule has 0 aliphatic carbocycles. The van der Waals surface area contributed by atoms with Gasteiger partial charge in [-0.15, -0.1) is 0 Å². The monoisotopic (exact) mass is 502 g/mol. The Hall–Kier alpha value is 0.0838. The van der Waals surface area contributed by atoms with Gasteiger partial charge in [0.05, 0.1) is 12.9 Å². The molecule has 0 N–H and O–H groups in total. The van der Waals surface area contributed by atoms with Gasteiger partial charge in [-0.25, -0.2) is 8.37 Å². The van der Waals surface area contributed by atoms with Crippen molar-refractivity contribution < 1.29 is 45.5 Å². The molecule has 0 saturated heterocycles. The van der Waals surface area contributed by atoms with Gasteiger partial charge in [0, 0.05) is 0 Å². The van der Waals surface area contributed by atoms with E-state index in [4.69, 9.17) is 16.1 Å². The smallest absolute Gasteiger partial charge is 0.294 e. The third-order valence-electron chi connectivity index (χ3n) is 2.63. The molecule has 11 nitrogen and oxygen atoms in total. The lowest BCUT2D eigenvalue weighted by Crippen LogP contribution is -2.47. The quantitative estimate of drug-likeness (QED) is 0.265. The first-order valence-electron chi connectivity index (χ1n) is 8.20. The summed E-state index contributed by atoms with van der Waals surface area (Å²) < 4.78 is 95.6. The number of hydrogen-bond acceptors (Lipinski definition) is 11. The summed E-state index contributed by atoms with van der Waals surface area (Å²) in [5.74, 6) is 0. The molecule has 0 aromatic carbocycles. The van der Waals surface area contributed by atoms with E-state index in [1.807, 2.05) is 0 Å². The first kappa shape index (κ1) is 28.1. The first-order valence-corrected chi connectivity index (χ1v) is 19.5. The van der Waals surface area contributed by atoms with E-state index < -0.39 is 66.4 Å². The van der Waals surface area contributed by atoms with Crippen molar-refractivity contribution in [2.24, 2.45) is 0 Å². The Morgan fingerprint density at radius 2 is 1.11 bits per heavy atom. The summed E-state index contributed by atoms with van der Waals surface area (Å²) in [5.41, 5.74) is -1.97. The fraction of sp³-hybridized carbons (Fsp3) is 1.00. The van der Waals surface area contributed by atoms with Gasteiger partial charge in [-0.05, 0) is 45.7 Å². The topological polar surface area (TPSA) is 149 Å². The maximum atomic E-state index is 12.3. The van der Waals surface area contributed by atoms with Crippen molar-refractivity contribution >= 4 is 47.6 Å². The molecular weight excluding hydrogens is 472 g/mol. The van der Waals surface area contributed by atoms with Crippen LogP contribution in [0.1, 0.15) is 13.3 Å². The van der Waals surface area contributed by atoms with Crippen molar-refractivity contribution in [3.8, 4) is 0 Å². The van der Waals surface area contributed by atoms with Crippen LogP contribution in [0.2, 0.25) is 39.3 Å². The van der Waals surface area contributed by atoms with E-state index in [1.54, 1.807) is 39.3 Å². The highest BCUT2D eigenvalue weighted by molar-refractivity contribution is 7.86.